The van der Waals surface area contributed by atoms with Gasteiger partial charge >= 0.3 is 0 Å². The number of nitro groups is 1. The molecule has 0 aliphatic carbocycles. The quantitative estimate of drug-likeness (QED) is 0.610. The Hall–Kier alpha value is -1.98. The van der Waals surface area contributed by atoms with E-state index in [1.165, 1.54) is 11.0 Å². The number of nitrogens with zero attached hydrogens (tertiary/aromatic N) is 2. The van der Waals surface area contributed by atoms with E-state index in [1.54, 1.807) is 7.05 Å². The molecular weight excluding hydrogens is 251 g/mol. The molecule has 1 atom stereocenters. The number of likely N-dealkylation sites (tertiary alicyclic amines) is 1. The van der Waals surface area contributed by atoms with E-state index in [0.717, 1.165) is 12.1 Å². The number of hydrogen-bond donors (Lipinski definition) is 0. The molecule has 0 radical (unpaired) electrons. The first kappa shape index (κ1) is 13.5. The topological polar surface area (TPSA) is 63.5 Å². The molecule has 1 heterocycles. The van der Waals surface area contributed by atoms with E-state index in [2.05, 4.69) is 0 Å². The summed E-state index contributed by atoms with van der Waals surface area (Å²) in [5.41, 5.74) is -0.422. The minimum absolute atomic E-state index is 0.0825. The average molecular weight is 266 g/mol. The van der Waals surface area contributed by atoms with Gasteiger partial charge < -0.3 is 4.90 Å². The molecule has 1 aliphatic rings. The normalized spacial score (nSPS) is 21.8. The molecule has 1 aliphatic heterocycles. The standard InChI is InChI=1S/C13H15FN2O3/c1-13(2)7-11(17)15(3)12(13)9-6-8(16(18)19)4-5-10(9)14/h4-6,12H,7H2,1-3H3/t12-/m1/s1. The monoisotopic (exact) mass is 266 g/mol. The van der Waals surface area contributed by atoms with Gasteiger partial charge in [-0.25, -0.2) is 4.39 Å². The Labute approximate surface area is 110 Å². The Morgan fingerprint density at radius 2 is 2.11 bits per heavy atom. The summed E-state index contributed by atoms with van der Waals surface area (Å²) in [5, 5.41) is 10.8. The maximum Gasteiger partial charge on any atom is 0.269 e. The molecule has 0 unspecified atom stereocenters. The number of rotatable bonds is 2. The molecule has 2 rings (SSSR count). The maximum absolute atomic E-state index is 14.0. The van der Waals surface area contributed by atoms with Crippen LogP contribution in [0.3, 0.4) is 0 Å². The second-order valence-electron chi connectivity index (χ2n) is 5.54. The molecule has 1 amide bonds. The Morgan fingerprint density at radius 1 is 1.47 bits per heavy atom. The van der Waals surface area contributed by atoms with Gasteiger partial charge in [0, 0.05) is 31.2 Å². The predicted octanol–water partition coefficient (Wildman–Crippen LogP) is 2.66. The van der Waals surface area contributed by atoms with Crippen molar-refractivity contribution in [3.05, 3.63) is 39.7 Å². The number of halogens is 1. The van der Waals surface area contributed by atoms with Gasteiger partial charge in [-0.05, 0) is 11.5 Å². The van der Waals surface area contributed by atoms with Crippen molar-refractivity contribution in [2.45, 2.75) is 26.3 Å². The van der Waals surface area contributed by atoms with E-state index in [1.807, 2.05) is 13.8 Å². The molecule has 19 heavy (non-hydrogen) atoms. The van der Waals surface area contributed by atoms with Crippen LogP contribution in [0.25, 0.3) is 0 Å². The van der Waals surface area contributed by atoms with Gasteiger partial charge in [0.15, 0.2) is 0 Å². The Bertz CT molecular complexity index is 557. The lowest BCUT2D eigenvalue weighted by Crippen LogP contribution is -2.28. The van der Waals surface area contributed by atoms with E-state index in [0.29, 0.717) is 6.42 Å². The van der Waals surface area contributed by atoms with Crippen molar-refractivity contribution in [3.63, 3.8) is 0 Å². The van der Waals surface area contributed by atoms with Crippen LogP contribution in [-0.4, -0.2) is 22.8 Å². The van der Waals surface area contributed by atoms with Crippen molar-refractivity contribution >= 4 is 11.6 Å². The van der Waals surface area contributed by atoms with Crippen molar-refractivity contribution in [2.24, 2.45) is 5.41 Å². The Morgan fingerprint density at radius 3 is 2.58 bits per heavy atom. The third kappa shape index (κ3) is 2.18. The van der Waals surface area contributed by atoms with Crippen LogP contribution in [0.2, 0.25) is 0 Å². The van der Waals surface area contributed by atoms with Crippen LogP contribution in [0.15, 0.2) is 18.2 Å². The smallest absolute Gasteiger partial charge is 0.269 e. The van der Waals surface area contributed by atoms with Crippen LogP contribution in [0.5, 0.6) is 0 Å². The zero-order chi connectivity index (χ0) is 14.4. The van der Waals surface area contributed by atoms with Crippen LogP contribution in [0.4, 0.5) is 10.1 Å². The van der Waals surface area contributed by atoms with Gasteiger partial charge in [0.25, 0.3) is 5.69 Å². The third-order valence-electron chi connectivity index (χ3n) is 3.61. The first-order valence-electron chi connectivity index (χ1n) is 5.93. The third-order valence-corrected chi connectivity index (χ3v) is 3.61. The van der Waals surface area contributed by atoms with Gasteiger partial charge in [-0.2, -0.15) is 0 Å². The summed E-state index contributed by atoms with van der Waals surface area (Å²) in [4.78, 5) is 23.5. The first-order valence-corrected chi connectivity index (χ1v) is 5.93. The van der Waals surface area contributed by atoms with Crippen LogP contribution >= 0.6 is 0 Å². The predicted molar refractivity (Wildman–Crippen MR) is 67.0 cm³/mol. The van der Waals surface area contributed by atoms with Crippen LogP contribution in [0, 0.1) is 21.3 Å². The molecule has 1 fully saturated rings. The second-order valence-corrected chi connectivity index (χ2v) is 5.54. The molecule has 0 N–H and O–H groups in total. The summed E-state index contributed by atoms with van der Waals surface area (Å²) in [7, 11) is 1.60. The molecule has 0 bridgehead atoms. The molecule has 1 aromatic rings. The van der Waals surface area contributed by atoms with Gasteiger partial charge in [0.2, 0.25) is 5.91 Å². The van der Waals surface area contributed by atoms with Gasteiger partial charge in [0.05, 0.1) is 11.0 Å². The molecule has 0 saturated carbocycles. The fourth-order valence-electron chi connectivity index (χ4n) is 2.76. The number of hydrogen-bond acceptors (Lipinski definition) is 3. The fourth-order valence-corrected chi connectivity index (χ4v) is 2.76. The van der Waals surface area contributed by atoms with Crippen LogP contribution in [-0.2, 0) is 4.79 Å². The van der Waals surface area contributed by atoms with Crippen molar-refractivity contribution < 1.29 is 14.1 Å². The molecule has 1 saturated heterocycles. The summed E-state index contributed by atoms with van der Waals surface area (Å²) in [5.74, 6) is -0.605. The van der Waals surface area contributed by atoms with Crippen molar-refractivity contribution in [1.82, 2.24) is 4.90 Å². The molecule has 6 heteroatoms. The van der Waals surface area contributed by atoms with Crippen molar-refractivity contribution in [3.8, 4) is 0 Å². The van der Waals surface area contributed by atoms with E-state index in [-0.39, 0.29) is 17.2 Å². The lowest BCUT2D eigenvalue weighted by Gasteiger charge is -2.30. The molecule has 0 spiro atoms. The highest BCUT2D eigenvalue weighted by Crippen LogP contribution is 2.47. The fraction of sp³-hybridized carbons (Fsp3) is 0.462. The summed E-state index contributed by atoms with van der Waals surface area (Å²) >= 11 is 0. The number of carbonyl (C=O) groups is 1. The zero-order valence-electron chi connectivity index (χ0n) is 11.0. The van der Waals surface area contributed by atoms with Gasteiger partial charge in [0.1, 0.15) is 5.82 Å². The number of carbonyl (C=O) groups excluding carboxylic acids is 1. The van der Waals surface area contributed by atoms with Gasteiger partial charge in [-0.15, -0.1) is 0 Å². The van der Waals surface area contributed by atoms with Crippen molar-refractivity contribution in [1.29, 1.82) is 0 Å². The summed E-state index contributed by atoms with van der Waals surface area (Å²) in [6.07, 6.45) is 0.302. The van der Waals surface area contributed by atoms with E-state index in [4.69, 9.17) is 0 Å². The summed E-state index contributed by atoms with van der Waals surface area (Å²) in [6, 6.07) is 2.94. The maximum atomic E-state index is 14.0. The molecule has 0 aromatic heterocycles. The largest absolute Gasteiger partial charge is 0.338 e. The van der Waals surface area contributed by atoms with Gasteiger partial charge in [-0.1, -0.05) is 13.8 Å². The SMILES string of the molecule is CN1C(=O)CC(C)(C)[C@H]1c1cc([N+](=O)[O-])ccc1F. The van der Waals surface area contributed by atoms with Gasteiger partial charge in [-0.3, -0.25) is 14.9 Å². The minimum Gasteiger partial charge on any atom is -0.338 e. The lowest BCUT2D eigenvalue weighted by atomic mass is 9.80. The molecule has 5 nitrogen and oxygen atoms in total. The summed E-state index contributed by atoms with van der Waals surface area (Å²) in [6.45, 7) is 3.72. The number of non-ortho nitro benzene ring substituents is 1. The second kappa shape index (κ2) is 4.29. The van der Waals surface area contributed by atoms with E-state index in [9.17, 15) is 19.3 Å². The lowest BCUT2D eigenvalue weighted by molar-refractivity contribution is -0.385. The molecule has 1 aromatic carbocycles. The highest BCUT2D eigenvalue weighted by atomic mass is 19.1. The highest BCUT2D eigenvalue weighted by molar-refractivity contribution is 5.80. The van der Waals surface area contributed by atoms with E-state index < -0.39 is 22.2 Å². The molecule has 102 valence electrons. The summed E-state index contributed by atoms with van der Waals surface area (Å²) < 4.78 is 14.0. The average Bonchev–Trinajstić information content (AvgIpc) is 2.49. The highest BCUT2D eigenvalue weighted by Gasteiger charge is 2.45. The van der Waals surface area contributed by atoms with Crippen LogP contribution < -0.4 is 0 Å². The number of amides is 1. The first-order chi connectivity index (χ1) is 8.74. The Balaban J connectivity index is 2.54. The Kier molecular flexibility index (Phi) is 3.04. The van der Waals surface area contributed by atoms with E-state index >= 15 is 0 Å². The van der Waals surface area contributed by atoms with Crippen molar-refractivity contribution in [2.75, 3.05) is 7.05 Å². The zero-order valence-corrected chi connectivity index (χ0v) is 11.0. The molecular formula is C13H15FN2O3. The van der Waals surface area contributed by atoms with Crippen LogP contribution in [0.1, 0.15) is 31.9 Å². The number of benzene rings is 1. The minimum atomic E-state index is -0.563. The number of nitro benzene ring substituents is 1.